The molecule has 0 saturated carbocycles. The molecule has 2 aliphatic heterocycles. The quantitative estimate of drug-likeness (QED) is 0.840. The summed E-state index contributed by atoms with van der Waals surface area (Å²) in [4.78, 5) is 0. The molecule has 1 aromatic rings. The molecule has 4 nitrogen and oxygen atoms in total. The van der Waals surface area contributed by atoms with Gasteiger partial charge in [-0.25, -0.2) is 0 Å². The number of nitrogens with two attached hydrogens (primary N) is 1. The van der Waals surface area contributed by atoms with E-state index in [1.807, 2.05) is 30.3 Å². The van der Waals surface area contributed by atoms with Gasteiger partial charge in [0.1, 0.15) is 17.6 Å². The Hall–Kier alpha value is -0.650. The summed E-state index contributed by atoms with van der Waals surface area (Å²) >= 11 is 6.18. The molecule has 2 heterocycles. The molecule has 98 valence electrons. The van der Waals surface area contributed by atoms with Gasteiger partial charge in [0.2, 0.25) is 0 Å². The second kappa shape index (κ2) is 5.15. The number of alkyl halides is 1. The first-order chi connectivity index (χ1) is 8.75. The molecular weight excluding hydrogens is 254 g/mol. The van der Waals surface area contributed by atoms with Crippen LogP contribution in [0.15, 0.2) is 30.3 Å². The minimum atomic E-state index is -0.386. The number of hydrogen-bond donors (Lipinski definition) is 1. The first kappa shape index (κ1) is 12.4. The van der Waals surface area contributed by atoms with Gasteiger partial charge in [0.25, 0.3) is 0 Å². The van der Waals surface area contributed by atoms with Crippen LogP contribution < -0.4 is 5.73 Å². The monoisotopic (exact) mass is 269 g/mol. The van der Waals surface area contributed by atoms with Crippen molar-refractivity contribution in [3.63, 3.8) is 0 Å². The average Bonchev–Trinajstić information content (AvgIpc) is 2.84. The Balaban J connectivity index is 1.65. The van der Waals surface area contributed by atoms with Crippen LogP contribution in [0.5, 0.6) is 0 Å². The summed E-state index contributed by atoms with van der Waals surface area (Å²) < 4.78 is 16.9. The highest BCUT2D eigenvalue weighted by molar-refractivity contribution is 6.21. The van der Waals surface area contributed by atoms with Gasteiger partial charge in [-0.3, -0.25) is 0 Å². The van der Waals surface area contributed by atoms with E-state index in [4.69, 9.17) is 31.5 Å². The van der Waals surface area contributed by atoms with Crippen molar-refractivity contribution in [3.05, 3.63) is 35.9 Å². The zero-order valence-corrected chi connectivity index (χ0v) is 10.6. The number of ether oxygens (including phenoxy) is 3. The number of fused-ring (bicyclic) bond motifs is 2. The normalized spacial score (nSPS) is 38.9. The third-order valence-corrected chi connectivity index (χ3v) is 3.89. The predicted molar refractivity (Wildman–Crippen MR) is 67.2 cm³/mol. The van der Waals surface area contributed by atoms with Crippen LogP contribution >= 0.6 is 11.6 Å². The molecule has 3 rings (SSSR count). The van der Waals surface area contributed by atoms with Crippen molar-refractivity contribution in [2.45, 2.75) is 36.5 Å². The zero-order valence-electron chi connectivity index (χ0n) is 9.87. The van der Waals surface area contributed by atoms with E-state index in [1.54, 1.807) is 0 Å². The zero-order chi connectivity index (χ0) is 12.5. The molecule has 2 bridgehead atoms. The van der Waals surface area contributed by atoms with Gasteiger partial charge in [-0.15, -0.1) is 11.6 Å². The second-order valence-electron chi connectivity index (χ2n) is 4.66. The Morgan fingerprint density at radius 3 is 2.89 bits per heavy atom. The Morgan fingerprint density at radius 1 is 1.33 bits per heavy atom. The first-order valence-corrected chi connectivity index (χ1v) is 6.51. The third-order valence-electron chi connectivity index (χ3n) is 3.39. The van der Waals surface area contributed by atoms with Crippen LogP contribution in [-0.2, 0) is 20.8 Å². The second-order valence-corrected chi connectivity index (χ2v) is 5.16. The molecule has 2 saturated heterocycles. The summed E-state index contributed by atoms with van der Waals surface area (Å²) in [7, 11) is 0. The van der Waals surface area contributed by atoms with Crippen molar-refractivity contribution < 1.29 is 14.2 Å². The fourth-order valence-electron chi connectivity index (χ4n) is 2.38. The lowest BCUT2D eigenvalue weighted by molar-refractivity contribution is -0.143. The number of hydrogen-bond acceptors (Lipinski definition) is 4. The number of rotatable bonds is 3. The standard InChI is InChI=1S/C13H16ClNO3/c14-10-11(15)12(9-7-17-13(10)18-9)16-6-8-4-2-1-3-5-8/h1-5,9-13H,6-7,15H2/t9-,10-,11-,12-,13-/m1/s1. The van der Waals surface area contributed by atoms with Crippen LogP contribution in [0.4, 0.5) is 0 Å². The van der Waals surface area contributed by atoms with Gasteiger partial charge in [0, 0.05) is 0 Å². The Bertz CT molecular complexity index is 402. The summed E-state index contributed by atoms with van der Waals surface area (Å²) in [6.07, 6.45) is -0.710. The van der Waals surface area contributed by atoms with E-state index in [-0.39, 0.29) is 29.9 Å². The molecular formula is C13H16ClNO3. The van der Waals surface area contributed by atoms with Gasteiger partial charge < -0.3 is 19.9 Å². The molecule has 0 spiro atoms. The van der Waals surface area contributed by atoms with Crippen LogP contribution in [0.2, 0.25) is 0 Å². The van der Waals surface area contributed by atoms with Crippen LogP contribution in [0.25, 0.3) is 0 Å². The van der Waals surface area contributed by atoms with Crippen molar-refractivity contribution in [1.29, 1.82) is 0 Å². The van der Waals surface area contributed by atoms with Gasteiger partial charge in [-0.05, 0) is 5.56 Å². The molecule has 5 heteroatoms. The highest BCUT2D eigenvalue weighted by Gasteiger charge is 2.49. The highest BCUT2D eigenvalue weighted by atomic mass is 35.5. The van der Waals surface area contributed by atoms with E-state index in [1.165, 1.54) is 0 Å². The van der Waals surface area contributed by atoms with Crippen LogP contribution in [0, 0.1) is 0 Å². The molecule has 5 atom stereocenters. The van der Waals surface area contributed by atoms with E-state index in [2.05, 4.69) is 0 Å². The predicted octanol–water partition coefficient (Wildman–Crippen LogP) is 1.26. The van der Waals surface area contributed by atoms with E-state index >= 15 is 0 Å². The van der Waals surface area contributed by atoms with Gasteiger partial charge in [0.15, 0.2) is 6.29 Å². The van der Waals surface area contributed by atoms with Crippen molar-refractivity contribution in [3.8, 4) is 0 Å². The van der Waals surface area contributed by atoms with Gasteiger partial charge in [-0.2, -0.15) is 0 Å². The smallest absolute Gasteiger partial charge is 0.176 e. The number of halogens is 1. The molecule has 18 heavy (non-hydrogen) atoms. The average molecular weight is 270 g/mol. The maximum atomic E-state index is 6.18. The van der Waals surface area contributed by atoms with Gasteiger partial charge in [-0.1, -0.05) is 30.3 Å². The maximum absolute atomic E-state index is 6.18. The maximum Gasteiger partial charge on any atom is 0.176 e. The van der Waals surface area contributed by atoms with E-state index in [9.17, 15) is 0 Å². The molecule has 0 unspecified atom stereocenters. The third kappa shape index (κ3) is 2.27. The van der Waals surface area contributed by atoms with Crippen LogP contribution in [-0.4, -0.2) is 36.5 Å². The molecule has 1 aromatic carbocycles. The summed E-state index contributed by atoms with van der Waals surface area (Å²) in [6, 6.07) is 9.71. The fourth-order valence-corrected chi connectivity index (χ4v) is 2.65. The van der Waals surface area contributed by atoms with Crippen LogP contribution in [0.1, 0.15) is 5.56 Å². The van der Waals surface area contributed by atoms with Crippen molar-refractivity contribution >= 4 is 11.6 Å². The van der Waals surface area contributed by atoms with Crippen molar-refractivity contribution in [2.75, 3.05) is 6.61 Å². The molecule has 0 amide bonds. The SMILES string of the molecule is N[C@@H]1[C@@H](Cl)[C@@H]2OC[C@@H](O2)[C@H]1OCc1ccccc1. The lowest BCUT2D eigenvalue weighted by Gasteiger charge is -2.36. The van der Waals surface area contributed by atoms with Gasteiger partial charge >= 0.3 is 0 Å². The van der Waals surface area contributed by atoms with E-state index in [0.717, 1.165) is 5.56 Å². The topological polar surface area (TPSA) is 53.7 Å². The minimum Gasteiger partial charge on any atom is -0.369 e. The molecule has 0 aromatic heterocycles. The highest BCUT2D eigenvalue weighted by Crippen LogP contribution is 2.32. The molecule has 2 N–H and O–H groups in total. The summed E-state index contributed by atoms with van der Waals surface area (Å²) in [5.41, 5.74) is 7.20. The minimum absolute atomic E-state index is 0.108. The summed E-state index contributed by atoms with van der Waals surface area (Å²) in [5.74, 6) is 0. The summed E-state index contributed by atoms with van der Waals surface area (Å²) in [5, 5.41) is -0.357. The lowest BCUT2D eigenvalue weighted by Crippen LogP contribution is -2.57. The Kier molecular flexibility index (Phi) is 3.54. The van der Waals surface area contributed by atoms with Crippen molar-refractivity contribution in [2.24, 2.45) is 5.73 Å². The van der Waals surface area contributed by atoms with Gasteiger partial charge in [0.05, 0.1) is 19.3 Å². The molecule has 2 aliphatic rings. The molecule has 0 radical (unpaired) electrons. The van der Waals surface area contributed by atoms with E-state index < -0.39 is 0 Å². The summed E-state index contributed by atoms with van der Waals surface area (Å²) in [6.45, 7) is 1.01. The van der Waals surface area contributed by atoms with E-state index in [0.29, 0.717) is 13.2 Å². The first-order valence-electron chi connectivity index (χ1n) is 6.08. The Labute approximate surface area is 111 Å². The Morgan fingerprint density at radius 2 is 2.11 bits per heavy atom. The molecule has 0 aliphatic carbocycles. The lowest BCUT2D eigenvalue weighted by atomic mass is 10.0. The fraction of sp³-hybridized carbons (Fsp3) is 0.538. The van der Waals surface area contributed by atoms with Crippen molar-refractivity contribution in [1.82, 2.24) is 0 Å². The largest absolute Gasteiger partial charge is 0.369 e. The van der Waals surface area contributed by atoms with Crippen LogP contribution in [0.3, 0.4) is 0 Å². The number of benzene rings is 1. The molecule has 2 fully saturated rings.